The minimum Gasteiger partial charge on any atom is -0.312 e. The van der Waals surface area contributed by atoms with Crippen molar-refractivity contribution in [2.75, 3.05) is 6.54 Å². The summed E-state index contributed by atoms with van der Waals surface area (Å²) in [7, 11) is 0. The van der Waals surface area contributed by atoms with Crippen molar-refractivity contribution in [2.24, 2.45) is 0 Å². The molecule has 0 atom stereocenters. The van der Waals surface area contributed by atoms with Gasteiger partial charge in [-0.05, 0) is 36.2 Å². The second kappa shape index (κ2) is 4.31. The first kappa shape index (κ1) is 9.98. The largest absolute Gasteiger partial charge is 0.352 e. The van der Waals surface area contributed by atoms with Crippen molar-refractivity contribution in [2.45, 2.75) is 19.9 Å². The maximum absolute atomic E-state index is 10.5. The Hall–Kier alpha value is -1.55. The molecule has 0 fully saturated rings. The van der Waals surface area contributed by atoms with Gasteiger partial charge in [0.15, 0.2) is 5.75 Å². The summed E-state index contributed by atoms with van der Waals surface area (Å²) < 4.78 is 0. The van der Waals surface area contributed by atoms with Crippen LogP contribution >= 0.6 is 0 Å². The van der Waals surface area contributed by atoms with Gasteiger partial charge < -0.3 is 5.32 Å². The van der Waals surface area contributed by atoms with E-state index >= 15 is 0 Å². The zero-order valence-corrected chi connectivity index (χ0v) is 8.58. The van der Waals surface area contributed by atoms with Crippen LogP contribution in [0.2, 0.25) is 0 Å². The molecule has 0 unspecified atom stereocenters. The molecule has 15 heavy (non-hydrogen) atoms. The first-order valence-electron chi connectivity index (χ1n) is 4.93. The smallest absolute Gasteiger partial charge is 0.312 e. The summed E-state index contributed by atoms with van der Waals surface area (Å²) in [6.07, 6.45) is 1.03. The summed E-state index contributed by atoms with van der Waals surface area (Å²) in [5, 5.41) is 3.27. The molecule has 1 N–H and O–H groups in total. The molecule has 0 spiro atoms. The molecule has 1 aliphatic rings. The van der Waals surface area contributed by atoms with E-state index in [-0.39, 0.29) is 0 Å². The lowest BCUT2D eigenvalue weighted by molar-refractivity contribution is -0.210. The Balaban J connectivity index is 2.10. The summed E-state index contributed by atoms with van der Waals surface area (Å²) in [5.74, 6) is 0.110. The van der Waals surface area contributed by atoms with Gasteiger partial charge in [-0.25, -0.2) is 4.79 Å². The van der Waals surface area contributed by atoms with Crippen molar-refractivity contribution in [3.05, 3.63) is 29.3 Å². The lowest BCUT2D eigenvalue weighted by Crippen LogP contribution is -2.23. The topological polar surface area (TPSA) is 47.6 Å². The number of benzene rings is 1. The fraction of sp³-hybridized carbons (Fsp3) is 0.364. The van der Waals surface area contributed by atoms with E-state index in [4.69, 9.17) is 4.89 Å². The number of carbonyl (C=O) groups excluding carboxylic acids is 1. The minimum atomic E-state index is -0.453. The highest BCUT2D eigenvalue weighted by molar-refractivity contribution is 5.65. The summed E-state index contributed by atoms with van der Waals surface area (Å²) >= 11 is 0. The van der Waals surface area contributed by atoms with E-state index in [0.717, 1.165) is 19.5 Å². The van der Waals surface area contributed by atoms with E-state index in [1.807, 2.05) is 18.2 Å². The van der Waals surface area contributed by atoms with E-state index in [1.54, 1.807) is 0 Å². The van der Waals surface area contributed by atoms with E-state index < -0.39 is 5.97 Å². The highest BCUT2D eigenvalue weighted by Gasteiger charge is 2.09. The Labute approximate surface area is 88.1 Å². The highest BCUT2D eigenvalue weighted by atomic mass is 17.2. The zero-order chi connectivity index (χ0) is 10.7. The fourth-order valence-electron chi connectivity index (χ4n) is 1.62. The Kier molecular flexibility index (Phi) is 2.87. The standard InChI is InChI=1S/C11H13NO3/c1-8(13)14-15-11-3-2-9-4-5-12-7-10(9)6-11/h2-3,6,12H,4-5,7H2,1H3. The predicted molar refractivity (Wildman–Crippen MR) is 54.2 cm³/mol. The van der Waals surface area contributed by atoms with Gasteiger partial charge in [0.1, 0.15) is 0 Å². The first-order valence-corrected chi connectivity index (χ1v) is 4.93. The number of fused-ring (bicyclic) bond motifs is 1. The minimum absolute atomic E-state index is 0.453. The Bertz CT molecular complexity index is 376. The van der Waals surface area contributed by atoms with Crippen molar-refractivity contribution >= 4 is 5.97 Å². The number of carbonyl (C=O) groups is 1. The summed E-state index contributed by atoms with van der Waals surface area (Å²) in [4.78, 5) is 19.9. The molecule has 0 aliphatic carbocycles. The average Bonchev–Trinajstić information content (AvgIpc) is 2.26. The van der Waals surface area contributed by atoms with Gasteiger partial charge in [0.2, 0.25) is 0 Å². The summed E-state index contributed by atoms with van der Waals surface area (Å²) in [6, 6.07) is 5.71. The van der Waals surface area contributed by atoms with Crippen molar-refractivity contribution in [1.82, 2.24) is 5.32 Å². The molecule has 2 rings (SSSR count). The van der Waals surface area contributed by atoms with E-state index in [0.29, 0.717) is 5.75 Å². The molecule has 1 heterocycles. The van der Waals surface area contributed by atoms with Gasteiger partial charge >= 0.3 is 5.97 Å². The molecule has 0 saturated carbocycles. The van der Waals surface area contributed by atoms with Gasteiger partial charge in [-0.15, -0.1) is 0 Å². The van der Waals surface area contributed by atoms with Crippen LogP contribution in [-0.2, 0) is 22.6 Å². The highest BCUT2D eigenvalue weighted by Crippen LogP contribution is 2.20. The normalized spacial score (nSPS) is 14.2. The third-order valence-electron chi connectivity index (χ3n) is 2.32. The van der Waals surface area contributed by atoms with Crippen molar-refractivity contribution in [1.29, 1.82) is 0 Å². The van der Waals surface area contributed by atoms with Crippen LogP contribution in [0.4, 0.5) is 0 Å². The lowest BCUT2D eigenvalue weighted by Gasteiger charge is -2.17. The van der Waals surface area contributed by atoms with E-state index in [1.165, 1.54) is 18.1 Å². The van der Waals surface area contributed by atoms with Crippen molar-refractivity contribution < 1.29 is 14.6 Å². The van der Waals surface area contributed by atoms with Crippen LogP contribution in [0.3, 0.4) is 0 Å². The fourth-order valence-corrected chi connectivity index (χ4v) is 1.62. The Morgan fingerprint density at radius 3 is 3.07 bits per heavy atom. The van der Waals surface area contributed by atoms with Crippen LogP contribution in [0, 0.1) is 0 Å². The number of hydrogen-bond acceptors (Lipinski definition) is 4. The Morgan fingerprint density at radius 2 is 2.27 bits per heavy atom. The third-order valence-corrected chi connectivity index (χ3v) is 2.32. The molecule has 1 aromatic carbocycles. The van der Waals surface area contributed by atoms with Crippen LogP contribution < -0.4 is 10.2 Å². The maximum Gasteiger partial charge on any atom is 0.352 e. The molecule has 80 valence electrons. The quantitative estimate of drug-likeness (QED) is 0.584. The van der Waals surface area contributed by atoms with E-state index in [9.17, 15) is 4.79 Å². The van der Waals surface area contributed by atoms with Crippen molar-refractivity contribution in [3.8, 4) is 5.75 Å². The zero-order valence-electron chi connectivity index (χ0n) is 8.58. The third kappa shape index (κ3) is 2.47. The molecule has 0 radical (unpaired) electrons. The molecule has 0 aromatic heterocycles. The first-order chi connectivity index (χ1) is 7.25. The predicted octanol–water partition coefficient (Wildman–Crippen LogP) is 1.19. The van der Waals surface area contributed by atoms with E-state index in [2.05, 4.69) is 10.2 Å². The summed E-state index contributed by atoms with van der Waals surface area (Å²) in [6.45, 7) is 3.16. The Morgan fingerprint density at radius 1 is 1.40 bits per heavy atom. The van der Waals surface area contributed by atoms with Gasteiger partial charge in [-0.1, -0.05) is 6.07 Å². The van der Waals surface area contributed by atoms with Crippen molar-refractivity contribution in [3.63, 3.8) is 0 Å². The number of hydrogen-bond donors (Lipinski definition) is 1. The van der Waals surface area contributed by atoms with Crippen LogP contribution in [0.1, 0.15) is 18.1 Å². The monoisotopic (exact) mass is 207 g/mol. The maximum atomic E-state index is 10.5. The molecule has 0 saturated heterocycles. The van der Waals surface area contributed by atoms with Crippen LogP contribution in [0.25, 0.3) is 0 Å². The van der Waals surface area contributed by atoms with Gasteiger partial charge in [0.25, 0.3) is 0 Å². The van der Waals surface area contributed by atoms with Gasteiger partial charge in [-0.2, -0.15) is 0 Å². The molecule has 1 aromatic rings. The summed E-state index contributed by atoms with van der Waals surface area (Å²) in [5.41, 5.74) is 2.52. The number of nitrogens with one attached hydrogen (secondary N) is 1. The molecule has 1 aliphatic heterocycles. The van der Waals surface area contributed by atoms with Crippen LogP contribution in [0.15, 0.2) is 18.2 Å². The molecular formula is C11H13NO3. The molecule has 4 heteroatoms. The second-order valence-corrected chi connectivity index (χ2v) is 3.52. The van der Waals surface area contributed by atoms with Crippen LogP contribution in [-0.4, -0.2) is 12.5 Å². The van der Waals surface area contributed by atoms with Gasteiger partial charge in [-0.3, -0.25) is 9.78 Å². The lowest BCUT2D eigenvalue weighted by atomic mass is 10.0. The van der Waals surface area contributed by atoms with Gasteiger partial charge in [0.05, 0.1) is 0 Å². The van der Waals surface area contributed by atoms with Gasteiger partial charge in [0, 0.05) is 13.5 Å². The number of rotatable bonds is 2. The van der Waals surface area contributed by atoms with Crippen LogP contribution in [0.5, 0.6) is 5.75 Å². The second-order valence-electron chi connectivity index (χ2n) is 3.52. The molecular weight excluding hydrogens is 194 g/mol. The SMILES string of the molecule is CC(=O)OOc1ccc2c(c1)CNCC2. The molecule has 0 amide bonds. The molecule has 4 nitrogen and oxygen atoms in total. The molecule has 0 bridgehead atoms. The average molecular weight is 207 g/mol.